The average molecular weight is 187 g/mol. The summed E-state index contributed by atoms with van der Waals surface area (Å²) in [5.74, 6) is 0.0485. The van der Waals surface area contributed by atoms with E-state index in [1.165, 1.54) is 0 Å². The second-order valence-electron chi connectivity index (χ2n) is 3.03. The van der Waals surface area contributed by atoms with Gasteiger partial charge < -0.3 is 15.8 Å². The lowest BCUT2D eigenvalue weighted by Gasteiger charge is -2.25. The topological polar surface area (TPSA) is 67.6 Å². The van der Waals surface area contributed by atoms with E-state index in [1.807, 2.05) is 0 Å². The molecule has 0 aliphatic carbocycles. The number of carbonyl (C=O) groups is 1. The van der Waals surface area contributed by atoms with Gasteiger partial charge in [0, 0.05) is 26.2 Å². The fraction of sp³-hybridized carbons (Fsp3) is 0.875. The largest absolute Gasteiger partial charge is 0.379 e. The van der Waals surface area contributed by atoms with Crippen LogP contribution < -0.4 is 11.1 Å². The Morgan fingerprint density at radius 2 is 2.15 bits per heavy atom. The third kappa shape index (κ3) is 4.21. The Morgan fingerprint density at radius 3 is 2.77 bits per heavy atom. The van der Waals surface area contributed by atoms with Crippen molar-refractivity contribution in [1.29, 1.82) is 0 Å². The molecule has 0 aromatic rings. The lowest BCUT2D eigenvalue weighted by molar-refractivity contribution is -0.123. The number of carbonyl (C=O) groups excluding carboxylic acids is 1. The van der Waals surface area contributed by atoms with Gasteiger partial charge in [0.1, 0.15) is 0 Å². The monoisotopic (exact) mass is 187 g/mol. The Hall–Kier alpha value is -0.650. The predicted octanol–water partition coefficient (Wildman–Crippen LogP) is -1.61. The van der Waals surface area contributed by atoms with Crippen molar-refractivity contribution in [3.63, 3.8) is 0 Å². The number of ether oxygens (including phenoxy) is 1. The highest BCUT2D eigenvalue weighted by molar-refractivity contribution is 5.77. The zero-order valence-corrected chi connectivity index (χ0v) is 7.79. The van der Waals surface area contributed by atoms with Crippen LogP contribution in [0.3, 0.4) is 0 Å². The number of amides is 1. The van der Waals surface area contributed by atoms with E-state index in [4.69, 9.17) is 10.5 Å². The van der Waals surface area contributed by atoms with Crippen LogP contribution in [-0.4, -0.2) is 56.7 Å². The smallest absolute Gasteiger partial charge is 0.234 e. The molecule has 1 heterocycles. The Kier molecular flexibility index (Phi) is 4.74. The summed E-state index contributed by atoms with van der Waals surface area (Å²) < 4.78 is 5.17. The molecule has 0 spiro atoms. The Labute approximate surface area is 78.2 Å². The maximum atomic E-state index is 11.2. The fourth-order valence-electron chi connectivity index (χ4n) is 1.23. The van der Waals surface area contributed by atoms with Crippen molar-refractivity contribution in [1.82, 2.24) is 10.2 Å². The predicted molar refractivity (Wildman–Crippen MR) is 49.3 cm³/mol. The first-order chi connectivity index (χ1) is 6.33. The van der Waals surface area contributed by atoms with E-state index in [9.17, 15) is 4.79 Å². The van der Waals surface area contributed by atoms with Crippen LogP contribution in [0.5, 0.6) is 0 Å². The summed E-state index contributed by atoms with van der Waals surface area (Å²) in [5.41, 5.74) is 5.26. The maximum absolute atomic E-state index is 11.2. The van der Waals surface area contributed by atoms with Crippen molar-refractivity contribution in [2.75, 3.05) is 45.9 Å². The number of rotatable bonds is 4. The average Bonchev–Trinajstić information content (AvgIpc) is 2.16. The highest BCUT2D eigenvalue weighted by Crippen LogP contribution is 1.94. The zero-order valence-electron chi connectivity index (χ0n) is 7.79. The highest BCUT2D eigenvalue weighted by atomic mass is 16.5. The van der Waals surface area contributed by atoms with E-state index >= 15 is 0 Å². The third-order valence-corrected chi connectivity index (χ3v) is 1.94. The molecular formula is C8H17N3O2. The highest BCUT2D eigenvalue weighted by Gasteiger charge is 2.13. The van der Waals surface area contributed by atoms with Gasteiger partial charge in [0.2, 0.25) is 5.91 Å². The molecule has 76 valence electrons. The lowest BCUT2D eigenvalue weighted by atomic mass is 10.4. The molecule has 0 aromatic heterocycles. The summed E-state index contributed by atoms with van der Waals surface area (Å²) >= 11 is 0. The van der Waals surface area contributed by atoms with Gasteiger partial charge in [0.15, 0.2) is 0 Å². The van der Waals surface area contributed by atoms with Crippen molar-refractivity contribution in [2.45, 2.75) is 0 Å². The number of hydrogen-bond donors (Lipinski definition) is 2. The normalized spacial score (nSPS) is 18.5. The van der Waals surface area contributed by atoms with Crippen LogP contribution in [0.4, 0.5) is 0 Å². The molecule has 0 radical (unpaired) electrons. The Balaban J connectivity index is 2.11. The Morgan fingerprint density at radius 1 is 1.46 bits per heavy atom. The molecule has 0 atom stereocenters. The molecule has 1 aliphatic rings. The molecule has 5 heteroatoms. The summed E-state index contributed by atoms with van der Waals surface area (Å²) in [4.78, 5) is 13.3. The first kappa shape index (κ1) is 10.4. The van der Waals surface area contributed by atoms with Gasteiger partial charge in [-0.3, -0.25) is 9.69 Å². The molecule has 0 bridgehead atoms. The molecule has 1 aliphatic heterocycles. The molecular weight excluding hydrogens is 170 g/mol. The van der Waals surface area contributed by atoms with E-state index < -0.39 is 0 Å². The van der Waals surface area contributed by atoms with Gasteiger partial charge in [-0.15, -0.1) is 0 Å². The SMILES string of the molecule is NCCNC(=O)CN1CCOCC1. The first-order valence-electron chi connectivity index (χ1n) is 4.60. The van der Waals surface area contributed by atoms with Crippen molar-refractivity contribution in [2.24, 2.45) is 5.73 Å². The van der Waals surface area contributed by atoms with Crippen molar-refractivity contribution < 1.29 is 9.53 Å². The van der Waals surface area contributed by atoms with Crippen LogP contribution >= 0.6 is 0 Å². The molecule has 1 amide bonds. The van der Waals surface area contributed by atoms with Crippen molar-refractivity contribution in [3.8, 4) is 0 Å². The minimum Gasteiger partial charge on any atom is -0.379 e. The van der Waals surface area contributed by atoms with E-state index in [2.05, 4.69) is 10.2 Å². The molecule has 0 aromatic carbocycles. The number of nitrogens with one attached hydrogen (secondary N) is 1. The van der Waals surface area contributed by atoms with Gasteiger partial charge in [0.25, 0.3) is 0 Å². The summed E-state index contributed by atoms with van der Waals surface area (Å²) in [7, 11) is 0. The van der Waals surface area contributed by atoms with Crippen LogP contribution in [0, 0.1) is 0 Å². The maximum Gasteiger partial charge on any atom is 0.234 e. The molecule has 0 saturated carbocycles. The minimum atomic E-state index is 0.0485. The van der Waals surface area contributed by atoms with Gasteiger partial charge in [-0.05, 0) is 0 Å². The standard InChI is InChI=1S/C8H17N3O2/c9-1-2-10-8(12)7-11-3-5-13-6-4-11/h1-7,9H2,(H,10,12). The van der Waals surface area contributed by atoms with Crippen molar-refractivity contribution in [3.05, 3.63) is 0 Å². The molecule has 3 N–H and O–H groups in total. The van der Waals surface area contributed by atoms with Gasteiger partial charge >= 0.3 is 0 Å². The zero-order chi connectivity index (χ0) is 9.52. The summed E-state index contributed by atoms with van der Waals surface area (Å²) in [6.45, 7) is 4.65. The molecule has 1 fully saturated rings. The number of morpholine rings is 1. The number of nitrogens with two attached hydrogens (primary N) is 1. The van der Waals surface area contributed by atoms with Crippen LogP contribution in [0.2, 0.25) is 0 Å². The molecule has 5 nitrogen and oxygen atoms in total. The van der Waals surface area contributed by atoms with Crippen molar-refractivity contribution >= 4 is 5.91 Å². The van der Waals surface area contributed by atoms with E-state index in [0.29, 0.717) is 19.6 Å². The number of nitrogens with zero attached hydrogens (tertiary/aromatic N) is 1. The van der Waals surface area contributed by atoms with Crippen LogP contribution in [0.1, 0.15) is 0 Å². The third-order valence-electron chi connectivity index (χ3n) is 1.94. The van der Waals surface area contributed by atoms with Gasteiger partial charge in [-0.25, -0.2) is 0 Å². The quantitative estimate of drug-likeness (QED) is 0.556. The van der Waals surface area contributed by atoms with Crippen LogP contribution in [0.15, 0.2) is 0 Å². The fourth-order valence-corrected chi connectivity index (χ4v) is 1.23. The van der Waals surface area contributed by atoms with Crippen LogP contribution in [-0.2, 0) is 9.53 Å². The second kappa shape index (κ2) is 5.90. The second-order valence-corrected chi connectivity index (χ2v) is 3.03. The minimum absolute atomic E-state index is 0.0485. The lowest BCUT2D eigenvalue weighted by Crippen LogP contribution is -2.44. The van der Waals surface area contributed by atoms with E-state index in [0.717, 1.165) is 26.3 Å². The van der Waals surface area contributed by atoms with Gasteiger partial charge in [0.05, 0.1) is 19.8 Å². The van der Waals surface area contributed by atoms with Gasteiger partial charge in [-0.2, -0.15) is 0 Å². The van der Waals surface area contributed by atoms with Gasteiger partial charge in [-0.1, -0.05) is 0 Å². The van der Waals surface area contributed by atoms with E-state index in [1.54, 1.807) is 0 Å². The summed E-state index contributed by atoms with van der Waals surface area (Å²) in [5, 5.41) is 2.73. The summed E-state index contributed by atoms with van der Waals surface area (Å²) in [6, 6.07) is 0. The summed E-state index contributed by atoms with van der Waals surface area (Å²) in [6.07, 6.45) is 0. The first-order valence-corrected chi connectivity index (χ1v) is 4.60. The number of hydrogen-bond acceptors (Lipinski definition) is 4. The van der Waals surface area contributed by atoms with E-state index in [-0.39, 0.29) is 5.91 Å². The molecule has 1 rings (SSSR count). The van der Waals surface area contributed by atoms with Crippen LogP contribution in [0.25, 0.3) is 0 Å². The Bertz CT molecular complexity index is 157. The molecule has 0 unspecified atom stereocenters. The molecule has 13 heavy (non-hydrogen) atoms. The molecule has 1 saturated heterocycles.